The number of carboxylic acids is 1. The summed E-state index contributed by atoms with van der Waals surface area (Å²) in [5.74, 6) is -1.66. The van der Waals surface area contributed by atoms with Crippen molar-refractivity contribution >= 4 is 18.0 Å². The van der Waals surface area contributed by atoms with Crippen LogP contribution < -0.4 is 5.32 Å². The van der Waals surface area contributed by atoms with Gasteiger partial charge in [0, 0.05) is 12.5 Å². The highest BCUT2D eigenvalue weighted by molar-refractivity contribution is 5.92. The fourth-order valence-corrected chi connectivity index (χ4v) is 6.15. The van der Waals surface area contributed by atoms with Gasteiger partial charge in [0.05, 0.1) is 12.7 Å². The smallest absolute Gasteiger partial charge is 0.407 e. The lowest BCUT2D eigenvalue weighted by Crippen LogP contribution is -2.61. The van der Waals surface area contributed by atoms with Crippen LogP contribution in [0, 0.1) is 0 Å². The molecule has 8 nitrogen and oxygen atoms in total. The van der Waals surface area contributed by atoms with E-state index in [1.54, 1.807) is 13.8 Å². The summed E-state index contributed by atoms with van der Waals surface area (Å²) < 4.78 is 11.8. The van der Waals surface area contributed by atoms with Crippen LogP contribution in [-0.2, 0) is 25.7 Å². The van der Waals surface area contributed by atoms with Crippen molar-refractivity contribution < 1.29 is 29.0 Å². The van der Waals surface area contributed by atoms with Gasteiger partial charge in [-0.05, 0) is 54.0 Å². The Morgan fingerprint density at radius 3 is 2.20 bits per heavy atom. The number of rotatable bonds is 10. The number of benzene rings is 3. The predicted octanol–water partition coefficient (Wildman–Crippen LogP) is 5.35. The topological polar surface area (TPSA) is 105 Å². The van der Waals surface area contributed by atoms with E-state index in [-0.39, 0.29) is 25.6 Å². The maximum Gasteiger partial charge on any atom is 0.407 e. The van der Waals surface area contributed by atoms with Crippen LogP contribution in [0.3, 0.4) is 0 Å². The molecule has 2 N–H and O–H groups in total. The first-order valence-electron chi connectivity index (χ1n) is 14.2. The van der Waals surface area contributed by atoms with Crippen molar-refractivity contribution in [2.24, 2.45) is 0 Å². The van der Waals surface area contributed by atoms with Crippen LogP contribution in [0.15, 0.2) is 78.9 Å². The molecule has 214 valence electrons. The molecule has 8 heteroatoms. The number of fused-ring (bicyclic) bond motifs is 3. The van der Waals surface area contributed by atoms with Gasteiger partial charge in [-0.1, -0.05) is 85.8 Å². The van der Waals surface area contributed by atoms with Crippen LogP contribution >= 0.6 is 0 Å². The molecule has 3 aromatic carbocycles. The third-order valence-corrected chi connectivity index (χ3v) is 8.45. The van der Waals surface area contributed by atoms with Crippen LogP contribution in [0.1, 0.15) is 55.7 Å². The second-order valence-electron chi connectivity index (χ2n) is 10.7. The molecule has 1 fully saturated rings. The highest BCUT2D eigenvalue weighted by atomic mass is 16.5. The van der Waals surface area contributed by atoms with Gasteiger partial charge in [0.25, 0.3) is 0 Å². The lowest BCUT2D eigenvalue weighted by Gasteiger charge is -2.37. The summed E-state index contributed by atoms with van der Waals surface area (Å²) in [7, 11) is 0. The third-order valence-electron chi connectivity index (χ3n) is 8.45. The molecule has 3 atom stereocenters. The van der Waals surface area contributed by atoms with Crippen molar-refractivity contribution in [2.45, 2.75) is 63.3 Å². The van der Waals surface area contributed by atoms with Crippen molar-refractivity contribution in [3.8, 4) is 11.1 Å². The molecular formula is C33H36N2O6. The van der Waals surface area contributed by atoms with Gasteiger partial charge in [-0.3, -0.25) is 4.79 Å². The van der Waals surface area contributed by atoms with Gasteiger partial charge in [0.2, 0.25) is 5.91 Å². The van der Waals surface area contributed by atoms with E-state index in [1.165, 1.54) is 4.90 Å². The number of carbonyl (C=O) groups is 3. The number of carboxylic acid groups (broad SMARTS) is 1. The Morgan fingerprint density at radius 2 is 1.59 bits per heavy atom. The second kappa shape index (κ2) is 12.1. The molecule has 1 heterocycles. The van der Waals surface area contributed by atoms with Crippen molar-refractivity contribution in [1.82, 2.24) is 10.2 Å². The summed E-state index contributed by atoms with van der Waals surface area (Å²) in [5.41, 5.74) is 4.01. The maximum atomic E-state index is 13.9. The van der Waals surface area contributed by atoms with Gasteiger partial charge in [0.1, 0.15) is 18.2 Å². The molecule has 0 bridgehead atoms. The molecule has 0 spiro atoms. The van der Waals surface area contributed by atoms with Crippen LogP contribution in [0.4, 0.5) is 4.79 Å². The minimum absolute atomic E-state index is 0.0950. The molecule has 0 aromatic heterocycles. The lowest BCUT2D eigenvalue weighted by molar-refractivity contribution is -0.159. The van der Waals surface area contributed by atoms with Crippen LogP contribution in [0.5, 0.6) is 0 Å². The maximum absolute atomic E-state index is 13.9. The van der Waals surface area contributed by atoms with E-state index in [4.69, 9.17) is 9.47 Å². The number of nitrogens with one attached hydrogen (secondary N) is 1. The fraction of sp³-hybridized carbons (Fsp3) is 0.364. The number of aliphatic carboxylic acids is 1. The molecule has 2 amide bonds. The standard InChI is InChI=1S/C33H36N2O6/c1-3-33(31(37)38)18-11-19-35(33)30(36)29(22(2)40-20-23-12-5-4-6-13-23)34-32(39)41-21-28-26-16-9-7-14-24(26)25-15-8-10-17-27(25)28/h4-10,12-17,22,28-29H,3,11,18-21H2,1-2H3,(H,34,39)(H,37,38)/t22-,29+,33?/m0/s1. The average molecular weight is 557 g/mol. The number of nitrogens with zero attached hydrogens (tertiary/aromatic N) is 1. The highest BCUT2D eigenvalue weighted by Crippen LogP contribution is 2.44. The molecule has 1 unspecified atom stereocenters. The fourth-order valence-electron chi connectivity index (χ4n) is 6.15. The van der Waals surface area contributed by atoms with Crippen molar-refractivity contribution in [1.29, 1.82) is 0 Å². The quantitative estimate of drug-likeness (QED) is 0.349. The summed E-state index contributed by atoms with van der Waals surface area (Å²) in [6, 6.07) is 24.5. The lowest BCUT2D eigenvalue weighted by atomic mass is 9.92. The van der Waals surface area contributed by atoms with Crippen molar-refractivity contribution in [3.63, 3.8) is 0 Å². The normalized spacial score (nSPS) is 19.2. The zero-order valence-corrected chi connectivity index (χ0v) is 23.4. The van der Waals surface area contributed by atoms with E-state index in [0.29, 0.717) is 19.4 Å². The number of alkyl carbamates (subject to hydrolysis) is 1. The van der Waals surface area contributed by atoms with Gasteiger partial charge < -0.3 is 24.8 Å². The Labute approximate surface area is 240 Å². The first kappa shape index (κ1) is 28.4. The van der Waals surface area contributed by atoms with Gasteiger partial charge >= 0.3 is 12.1 Å². The van der Waals surface area contributed by atoms with Gasteiger partial charge in [-0.15, -0.1) is 0 Å². The summed E-state index contributed by atoms with van der Waals surface area (Å²) >= 11 is 0. The minimum Gasteiger partial charge on any atom is -0.479 e. The summed E-state index contributed by atoms with van der Waals surface area (Å²) in [6.07, 6.45) is -0.293. The zero-order chi connectivity index (χ0) is 29.0. The summed E-state index contributed by atoms with van der Waals surface area (Å²) in [4.78, 5) is 40.8. The highest BCUT2D eigenvalue weighted by Gasteiger charge is 2.50. The minimum atomic E-state index is -1.31. The molecule has 2 aliphatic rings. The first-order chi connectivity index (χ1) is 19.9. The molecule has 1 saturated heterocycles. The Morgan fingerprint density at radius 1 is 0.976 bits per heavy atom. The van der Waals surface area contributed by atoms with Crippen molar-refractivity contribution in [2.75, 3.05) is 13.2 Å². The summed E-state index contributed by atoms with van der Waals surface area (Å²) in [6.45, 7) is 4.10. The predicted molar refractivity (Wildman–Crippen MR) is 154 cm³/mol. The third kappa shape index (κ3) is 5.57. The molecule has 0 saturated carbocycles. The summed E-state index contributed by atoms with van der Waals surface area (Å²) in [5, 5.41) is 12.8. The van der Waals surface area contributed by atoms with Gasteiger partial charge in [0.15, 0.2) is 0 Å². The molecule has 0 radical (unpaired) electrons. The number of hydrogen-bond donors (Lipinski definition) is 2. The molecule has 1 aliphatic heterocycles. The Hall–Kier alpha value is -4.17. The van der Waals surface area contributed by atoms with Gasteiger partial charge in [-0.2, -0.15) is 0 Å². The Kier molecular flexibility index (Phi) is 8.40. The number of ether oxygens (including phenoxy) is 2. The van der Waals surface area contributed by atoms with E-state index in [2.05, 4.69) is 17.4 Å². The number of hydrogen-bond acceptors (Lipinski definition) is 5. The van der Waals surface area contributed by atoms with Crippen molar-refractivity contribution in [3.05, 3.63) is 95.6 Å². The first-order valence-corrected chi connectivity index (χ1v) is 14.2. The van der Waals surface area contributed by atoms with E-state index < -0.39 is 35.7 Å². The van der Waals surface area contributed by atoms with Crippen LogP contribution in [-0.4, -0.2) is 58.8 Å². The number of carbonyl (C=O) groups excluding carboxylic acids is 2. The second-order valence-corrected chi connectivity index (χ2v) is 10.7. The largest absolute Gasteiger partial charge is 0.479 e. The molecular weight excluding hydrogens is 520 g/mol. The Balaban J connectivity index is 1.33. The zero-order valence-electron chi connectivity index (χ0n) is 23.4. The molecule has 1 aliphatic carbocycles. The Bertz CT molecular complexity index is 1360. The molecule has 3 aromatic rings. The van der Waals surface area contributed by atoms with E-state index >= 15 is 0 Å². The van der Waals surface area contributed by atoms with E-state index in [9.17, 15) is 19.5 Å². The molecule has 41 heavy (non-hydrogen) atoms. The molecule has 5 rings (SSSR count). The monoisotopic (exact) mass is 556 g/mol. The van der Waals surface area contributed by atoms with E-state index in [1.807, 2.05) is 66.7 Å². The number of amides is 2. The average Bonchev–Trinajstić information content (AvgIpc) is 3.58. The SMILES string of the molecule is CCC1(C(=O)O)CCCN1C(=O)[C@H](NC(=O)OCC1c2ccccc2-c2ccccc21)[C@H](C)OCc1ccccc1. The van der Waals surface area contributed by atoms with Crippen LogP contribution in [0.2, 0.25) is 0 Å². The van der Waals surface area contributed by atoms with E-state index in [0.717, 1.165) is 27.8 Å². The van der Waals surface area contributed by atoms with Gasteiger partial charge in [-0.25, -0.2) is 9.59 Å². The van der Waals surface area contributed by atoms with Crippen LogP contribution in [0.25, 0.3) is 11.1 Å². The number of likely N-dealkylation sites (tertiary alicyclic amines) is 1.